The Kier molecular flexibility index (Phi) is 7.32. The fourth-order valence-corrected chi connectivity index (χ4v) is 2.63. The Bertz CT molecular complexity index is 413. The molecule has 0 aliphatic rings. The standard InChI is InChI=1S/C16H28N2O3/c1-6-8-18(7-2)13(11-17)16-14(20-4)9-12(19-3)10-15(16)21-5/h9-10,13H,6-8,11,17H2,1-5H3. The number of methoxy groups -OCH3 is 3. The number of benzene rings is 1. The van der Waals surface area contributed by atoms with Crippen LogP contribution >= 0.6 is 0 Å². The van der Waals surface area contributed by atoms with Gasteiger partial charge in [0, 0.05) is 18.7 Å². The number of hydrogen-bond acceptors (Lipinski definition) is 5. The van der Waals surface area contributed by atoms with Gasteiger partial charge >= 0.3 is 0 Å². The quantitative estimate of drug-likeness (QED) is 0.758. The second kappa shape index (κ2) is 8.74. The summed E-state index contributed by atoms with van der Waals surface area (Å²) in [4.78, 5) is 2.34. The van der Waals surface area contributed by atoms with Crippen molar-refractivity contribution in [3.8, 4) is 17.2 Å². The second-order valence-electron chi connectivity index (χ2n) is 4.83. The second-order valence-corrected chi connectivity index (χ2v) is 4.83. The Hall–Kier alpha value is -1.46. The summed E-state index contributed by atoms with van der Waals surface area (Å²) < 4.78 is 16.4. The van der Waals surface area contributed by atoms with Crippen molar-refractivity contribution < 1.29 is 14.2 Å². The van der Waals surface area contributed by atoms with E-state index >= 15 is 0 Å². The molecule has 0 fully saturated rings. The van der Waals surface area contributed by atoms with Crippen molar-refractivity contribution >= 4 is 0 Å². The number of nitrogens with two attached hydrogens (primary N) is 1. The van der Waals surface area contributed by atoms with Gasteiger partial charge in [-0.05, 0) is 19.5 Å². The minimum absolute atomic E-state index is 0.0609. The first-order chi connectivity index (χ1) is 10.2. The lowest BCUT2D eigenvalue weighted by molar-refractivity contribution is 0.203. The molecule has 0 spiro atoms. The first-order valence-electron chi connectivity index (χ1n) is 7.40. The van der Waals surface area contributed by atoms with Crippen LogP contribution < -0.4 is 19.9 Å². The average molecular weight is 296 g/mol. The number of nitrogens with zero attached hydrogens (tertiary/aromatic N) is 1. The highest BCUT2D eigenvalue weighted by molar-refractivity contribution is 5.52. The van der Waals surface area contributed by atoms with E-state index in [0.717, 1.165) is 36.6 Å². The minimum atomic E-state index is 0.0609. The molecule has 1 rings (SSSR count). The molecule has 0 saturated heterocycles. The zero-order valence-electron chi connectivity index (χ0n) is 13.8. The number of likely N-dealkylation sites (N-methyl/N-ethyl adjacent to an activating group) is 1. The first kappa shape index (κ1) is 17.6. The normalized spacial score (nSPS) is 12.3. The van der Waals surface area contributed by atoms with Crippen molar-refractivity contribution in [1.82, 2.24) is 4.90 Å². The third kappa shape index (κ3) is 4.02. The van der Waals surface area contributed by atoms with Gasteiger partial charge in [-0.1, -0.05) is 13.8 Å². The molecule has 0 heterocycles. The Labute approximate surface area is 128 Å². The highest BCUT2D eigenvalue weighted by Crippen LogP contribution is 2.40. The summed E-state index contributed by atoms with van der Waals surface area (Å²) in [5.41, 5.74) is 7.03. The minimum Gasteiger partial charge on any atom is -0.496 e. The molecule has 1 aromatic rings. The van der Waals surface area contributed by atoms with Crippen molar-refractivity contribution in [3.05, 3.63) is 17.7 Å². The van der Waals surface area contributed by atoms with Gasteiger partial charge in [0.25, 0.3) is 0 Å². The van der Waals surface area contributed by atoms with Crippen molar-refractivity contribution in [2.45, 2.75) is 26.3 Å². The average Bonchev–Trinajstić information content (AvgIpc) is 2.53. The van der Waals surface area contributed by atoms with Crippen LogP contribution in [0.5, 0.6) is 17.2 Å². The van der Waals surface area contributed by atoms with Gasteiger partial charge in [-0.2, -0.15) is 0 Å². The van der Waals surface area contributed by atoms with Gasteiger partial charge in [-0.15, -0.1) is 0 Å². The summed E-state index contributed by atoms with van der Waals surface area (Å²) in [5.74, 6) is 2.20. The molecule has 0 aromatic heterocycles. The van der Waals surface area contributed by atoms with Crippen LogP contribution in [0.15, 0.2) is 12.1 Å². The molecule has 120 valence electrons. The molecule has 1 atom stereocenters. The predicted octanol–water partition coefficient (Wildman–Crippen LogP) is 2.44. The molecule has 1 aromatic carbocycles. The maximum Gasteiger partial charge on any atom is 0.131 e. The molecule has 0 aliphatic carbocycles. The van der Waals surface area contributed by atoms with Gasteiger partial charge in [0.05, 0.1) is 32.9 Å². The number of ether oxygens (including phenoxy) is 3. The van der Waals surface area contributed by atoms with E-state index < -0.39 is 0 Å². The SMILES string of the molecule is CCCN(CC)C(CN)c1c(OC)cc(OC)cc1OC. The highest BCUT2D eigenvalue weighted by atomic mass is 16.5. The third-order valence-corrected chi connectivity index (χ3v) is 3.67. The van der Waals surface area contributed by atoms with E-state index in [4.69, 9.17) is 19.9 Å². The van der Waals surface area contributed by atoms with Crippen LogP contribution in [0.25, 0.3) is 0 Å². The Morgan fingerprint density at radius 2 is 1.62 bits per heavy atom. The predicted molar refractivity (Wildman–Crippen MR) is 85.4 cm³/mol. The summed E-state index contributed by atoms with van der Waals surface area (Å²) in [6, 6.07) is 3.81. The molecule has 0 aliphatic heterocycles. The largest absolute Gasteiger partial charge is 0.496 e. The Balaban J connectivity index is 3.35. The van der Waals surface area contributed by atoms with Crippen LogP contribution in [0.4, 0.5) is 0 Å². The summed E-state index contributed by atoms with van der Waals surface area (Å²) in [6.45, 7) is 6.72. The van der Waals surface area contributed by atoms with Crippen LogP contribution in [0, 0.1) is 0 Å². The van der Waals surface area contributed by atoms with E-state index in [9.17, 15) is 0 Å². The topological polar surface area (TPSA) is 57.0 Å². The monoisotopic (exact) mass is 296 g/mol. The van der Waals surface area contributed by atoms with Gasteiger partial charge < -0.3 is 19.9 Å². The zero-order chi connectivity index (χ0) is 15.8. The molecular formula is C16H28N2O3. The molecule has 5 nitrogen and oxygen atoms in total. The van der Waals surface area contributed by atoms with Gasteiger partial charge in [0.15, 0.2) is 0 Å². The van der Waals surface area contributed by atoms with Crippen molar-refractivity contribution in [1.29, 1.82) is 0 Å². The van der Waals surface area contributed by atoms with E-state index in [1.807, 2.05) is 12.1 Å². The summed E-state index contributed by atoms with van der Waals surface area (Å²) in [6.07, 6.45) is 1.07. The molecule has 1 unspecified atom stereocenters. The van der Waals surface area contributed by atoms with Crippen molar-refractivity contribution in [2.24, 2.45) is 5.73 Å². The van der Waals surface area contributed by atoms with Crippen LogP contribution in [0.3, 0.4) is 0 Å². The number of rotatable bonds is 9. The molecule has 0 amide bonds. The van der Waals surface area contributed by atoms with Gasteiger partial charge in [-0.25, -0.2) is 0 Å². The lowest BCUT2D eigenvalue weighted by atomic mass is 10.0. The maximum absolute atomic E-state index is 6.05. The molecule has 21 heavy (non-hydrogen) atoms. The Morgan fingerprint density at radius 3 is 1.95 bits per heavy atom. The highest BCUT2D eigenvalue weighted by Gasteiger charge is 2.25. The summed E-state index contributed by atoms with van der Waals surface area (Å²) in [7, 11) is 4.94. The lowest BCUT2D eigenvalue weighted by Gasteiger charge is -2.32. The smallest absolute Gasteiger partial charge is 0.131 e. The fourth-order valence-electron chi connectivity index (χ4n) is 2.63. The molecule has 2 N–H and O–H groups in total. The number of hydrogen-bond donors (Lipinski definition) is 1. The molecule has 0 radical (unpaired) electrons. The van der Waals surface area contributed by atoms with E-state index in [0.29, 0.717) is 12.3 Å². The van der Waals surface area contributed by atoms with Crippen LogP contribution in [0.2, 0.25) is 0 Å². The van der Waals surface area contributed by atoms with E-state index in [1.54, 1.807) is 21.3 Å². The van der Waals surface area contributed by atoms with E-state index in [2.05, 4.69) is 18.7 Å². The van der Waals surface area contributed by atoms with Crippen LogP contribution in [-0.4, -0.2) is 45.9 Å². The molecular weight excluding hydrogens is 268 g/mol. The molecule has 0 saturated carbocycles. The fraction of sp³-hybridized carbons (Fsp3) is 0.625. The van der Waals surface area contributed by atoms with Crippen LogP contribution in [0.1, 0.15) is 31.9 Å². The summed E-state index contributed by atoms with van der Waals surface area (Å²) in [5, 5.41) is 0. The maximum atomic E-state index is 6.05. The first-order valence-corrected chi connectivity index (χ1v) is 7.40. The van der Waals surface area contributed by atoms with Gasteiger partial charge in [-0.3, -0.25) is 4.90 Å². The van der Waals surface area contributed by atoms with Crippen LogP contribution in [-0.2, 0) is 0 Å². The van der Waals surface area contributed by atoms with E-state index in [-0.39, 0.29) is 6.04 Å². The van der Waals surface area contributed by atoms with E-state index in [1.165, 1.54) is 0 Å². The van der Waals surface area contributed by atoms with Gasteiger partial charge in [0.2, 0.25) is 0 Å². The molecule has 0 bridgehead atoms. The van der Waals surface area contributed by atoms with Crippen molar-refractivity contribution in [3.63, 3.8) is 0 Å². The lowest BCUT2D eigenvalue weighted by Crippen LogP contribution is -2.34. The Morgan fingerprint density at radius 1 is 1.05 bits per heavy atom. The molecule has 5 heteroatoms. The van der Waals surface area contributed by atoms with Gasteiger partial charge in [0.1, 0.15) is 17.2 Å². The van der Waals surface area contributed by atoms with Crippen molar-refractivity contribution in [2.75, 3.05) is 41.0 Å². The zero-order valence-corrected chi connectivity index (χ0v) is 13.8. The third-order valence-electron chi connectivity index (χ3n) is 3.67. The summed E-state index contributed by atoms with van der Waals surface area (Å²) >= 11 is 0.